The number of benzene rings is 2. The zero-order valence-electron chi connectivity index (χ0n) is 11.5. The smallest absolute Gasteiger partial charge is 0.418 e. The van der Waals surface area contributed by atoms with Crippen LogP contribution >= 0.6 is 11.6 Å². The summed E-state index contributed by atoms with van der Waals surface area (Å²) in [5, 5.41) is 2.07. The van der Waals surface area contributed by atoms with E-state index in [0.717, 1.165) is 24.3 Å². The summed E-state index contributed by atoms with van der Waals surface area (Å²) in [7, 11) is 0. The molecule has 0 unspecified atom stereocenters. The zero-order valence-corrected chi connectivity index (χ0v) is 12.2. The molecule has 0 radical (unpaired) electrons. The number of carbonyl (C=O) groups is 1. The van der Waals surface area contributed by atoms with Crippen molar-refractivity contribution in [1.29, 1.82) is 0 Å². The van der Waals surface area contributed by atoms with Crippen LogP contribution < -0.4 is 10.1 Å². The third-order valence-electron chi connectivity index (χ3n) is 2.76. The number of para-hydroxylation sites is 1. The fourth-order valence-corrected chi connectivity index (χ4v) is 1.98. The molecule has 0 heterocycles. The predicted octanol–water partition coefficient (Wildman–Crippen LogP) is 4.52. The fraction of sp³-hybridized carbons (Fsp3) is 0.133. The Labute approximate surface area is 133 Å². The van der Waals surface area contributed by atoms with Gasteiger partial charge in [-0.25, -0.2) is 4.39 Å². The first-order valence-corrected chi connectivity index (χ1v) is 6.69. The van der Waals surface area contributed by atoms with Crippen molar-refractivity contribution in [3.05, 3.63) is 58.9 Å². The van der Waals surface area contributed by atoms with E-state index in [9.17, 15) is 22.4 Å². The second kappa shape index (κ2) is 6.87. The first kappa shape index (κ1) is 17.1. The monoisotopic (exact) mass is 347 g/mol. The molecule has 0 aliphatic carbocycles. The van der Waals surface area contributed by atoms with Crippen LogP contribution in [0.1, 0.15) is 5.56 Å². The summed E-state index contributed by atoms with van der Waals surface area (Å²) < 4.78 is 56.3. The minimum Gasteiger partial charge on any atom is -0.482 e. The van der Waals surface area contributed by atoms with Crippen LogP contribution in [0.2, 0.25) is 5.02 Å². The number of halogens is 5. The van der Waals surface area contributed by atoms with Crippen molar-refractivity contribution in [3.8, 4) is 5.75 Å². The molecule has 0 aliphatic heterocycles. The Balaban J connectivity index is 2.03. The largest absolute Gasteiger partial charge is 0.482 e. The molecule has 0 aromatic heterocycles. The summed E-state index contributed by atoms with van der Waals surface area (Å²) in [6, 6.07) is 7.86. The van der Waals surface area contributed by atoms with Crippen molar-refractivity contribution in [2.75, 3.05) is 11.9 Å². The average molecular weight is 348 g/mol. The van der Waals surface area contributed by atoms with Gasteiger partial charge in [0.1, 0.15) is 11.6 Å². The molecular formula is C15H10ClF4NO2. The van der Waals surface area contributed by atoms with E-state index in [1.807, 2.05) is 0 Å². The molecule has 8 heteroatoms. The van der Waals surface area contributed by atoms with Gasteiger partial charge in [0.15, 0.2) is 6.61 Å². The van der Waals surface area contributed by atoms with Crippen molar-refractivity contribution in [2.45, 2.75) is 6.18 Å². The van der Waals surface area contributed by atoms with Gasteiger partial charge in [0.25, 0.3) is 5.91 Å². The highest BCUT2D eigenvalue weighted by Crippen LogP contribution is 2.34. The van der Waals surface area contributed by atoms with Gasteiger partial charge in [0.05, 0.1) is 16.3 Å². The minimum atomic E-state index is -4.59. The van der Waals surface area contributed by atoms with Crippen LogP contribution in [0, 0.1) is 5.82 Å². The second-order valence-corrected chi connectivity index (χ2v) is 4.86. The van der Waals surface area contributed by atoms with Gasteiger partial charge in [-0.05, 0) is 30.3 Å². The third-order valence-corrected chi connectivity index (χ3v) is 3.05. The number of hydrogen-bond donors (Lipinski definition) is 1. The number of alkyl halides is 3. The van der Waals surface area contributed by atoms with E-state index in [2.05, 4.69) is 5.32 Å². The first-order chi connectivity index (χ1) is 10.8. The highest BCUT2D eigenvalue weighted by Gasteiger charge is 2.33. The third kappa shape index (κ3) is 4.59. The van der Waals surface area contributed by atoms with Crippen molar-refractivity contribution in [1.82, 2.24) is 0 Å². The first-order valence-electron chi connectivity index (χ1n) is 6.31. The molecule has 0 aliphatic rings. The number of amides is 1. The maximum atomic E-state index is 12.9. The molecule has 0 saturated heterocycles. The summed E-state index contributed by atoms with van der Waals surface area (Å²) in [5.74, 6) is -1.33. The van der Waals surface area contributed by atoms with Crippen molar-refractivity contribution < 1.29 is 27.1 Å². The fourth-order valence-electron chi connectivity index (χ4n) is 1.76. The molecule has 0 fully saturated rings. The van der Waals surface area contributed by atoms with E-state index in [1.54, 1.807) is 0 Å². The summed E-state index contributed by atoms with van der Waals surface area (Å²) in [6.45, 7) is -0.572. The van der Waals surface area contributed by atoms with Gasteiger partial charge >= 0.3 is 6.18 Å². The Morgan fingerprint density at radius 1 is 1.17 bits per heavy atom. The van der Waals surface area contributed by atoms with Gasteiger partial charge in [0.2, 0.25) is 0 Å². The topological polar surface area (TPSA) is 38.3 Å². The summed E-state index contributed by atoms with van der Waals surface area (Å²) in [5.41, 5.74) is -1.34. The molecule has 0 saturated carbocycles. The van der Waals surface area contributed by atoms with Crippen LogP contribution in [-0.4, -0.2) is 12.5 Å². The van der Waals surface area contributed by atoms with Crippen LogP contribution in [-0.2, 0) is 11.0 Å². The van der Waals surface area contributed by atoms with Crippen molar-refractivity contribution in [3.63, 3.8) is 0 Å². The van der Waals surface area contributed by atoms with Gasteiger partial charge in [0, 0.05) is 0 Å². The van der Waals surface area contributed by atoms with E-state index in [1.165, 1.54) is 18.2 Å². The molecule has 0 atom stereocenters. The summed E-state index contributed by atoms with van der Waals surface area (Å²) >= 11 is 5.71. The highest BCUT2D eigenvalue weighted by atomic mass is 35.5. The number of hydrogen-bond acceptors (Lipinski definition) is 2. The molecule has 3 nitrogen and oxygen atoms in total. The normalized spacial score (nSPS) is 11.2. The van der Waals surface area contributed by atoms with Crippen LogP contribution in [0.4, 0.5) is 23.2 Å². The molecule has 0 bridgehead atoms. The number of ether oxygens (including phenoxy) is 1. The van der Waals surface area contributed by atoms with E-state index < -0.39 is 30.1 Å². The second-order valence-electron chi connectivity index (χ2n) is 4.45. The molecule has 2 aromatic carbocycles. The molecular weight excluding hydrogens is 338 g/mol. The Kier molecular flexibility index (Phi) is 5.10. The quantitative estimate of drug-likeness (QED) is 0.826. The number of nitrogens with one attached hydrogen (secondary N) is 1. The maximum absolute atomic E-state index is 12.9. The van der Waals surface area contributed by atoms with Gasteiger partial charge in [-0.2, -0.15) is 13.2 Å². The molecule has 122 valence electrons. The van der Waals surface area contributed by atoms with E-state index >= 15 is 0 Å². The van der Waals surface area contributed by atoms with Crippen LogP contribution in [0.5, 0.6) is 5.75 Å². The molecule has 0 spiro atoms. The zero-order chi connectivity index (χ0) is 17.0. The maximum Gasteiger partial charge on any atom is 0.418 e. The lowest BCUT2D eigenvalue weighted by atomic mass is 10.1. The van der Waals surface area contributed by atoms with E-state index in [-0.39, 0.29) is 16.5 Å². The average Bonchev–Trinajstić information content (AvgIpc) is 2.46. The Morgan fingerprint density at radius 2 is 1.87 bits per heavy atom. The number of rotatable bonds is 4. The van der Waals surface area contributed by atoms with Crippen LogP contribution in [0.25, 0.3) is 0 Å². The highest BCUT2D eigenvalue weighted by molar-refractivity contribution is 6.32. The molecule has 23 heavy (non-hydrogen) atoms. The lowest BCUT2D eigenvalue weighted by Gasteiger charge is -2.14. The SMILES string of the molecule is O=C(COc1ccc(F)cc1Cl)Nc1ccccc1C(F)(F)F. The standard InChI is InChI=1S/C15H10ClF4NO2/c16-11-7-9(17)5-6-13(11)23-8-14(22)21-12-4-2-1-3-10(12)15(18,19)20/h1-7H,8H2,(H,21,22). The molecule has 1 N–H and O–H groups in total. The van der Waals surface area contributed by atoms with E-state index in [0.29, 0.717) is 0 Å². The van der Waals surface area contributed by atoms with Crippen molar-refractivity contribution >= 4 is 23.2 Å². The lowest BCUT2D eigenvalue weighted by Crippen LogP contribution is -2.22. The predicted molar refractivity (Wildman–Crippen MR) is 77.0 cm³/mol. The molecule has 2 rings (SSSR count). The van der Waals surface area contributed by atoms with Gasteiger partial charge in [-0.3, -0.25) is 4.79 Å². The summed E-state index contributed by atoms with van der Waals surface area (Å²) in [4.78, 5) is 11.7. The van der Waals surface area contributed by atoms with Crippen LogP contribution in [0.15, 0.2) is 42.5 Å². The molecule has 2 aromatic rings. The van der Waals surface area contributed by atoms with Crippen molar-refractivity contribution in [2.24, 2.45) is 0 Å². The summed E-state index contributed by atoms with van der Waals surface area (Å²) in [6.07, 6.45) is -4.59. The Bertz CT molecular complexity index is 719. The number of anilines is 1. The minimum absolute atomic E-state index is 0.0477. The molecule has 1 amide bonds. The Hall–Kier alpha value is -2.28. The Morgan fingerprint density at radius 3 is 2.52 bits per heavy atom. The van der Waals surface area contributed by atoms with Gasteiger partial charge < -0.3 is 10.1 Å². The van der Waals surface area contributed by atoms with Crippen LogP contribution in [0.3, 0.4) is 0 Å². The van der Waals surface area contributed by atoms with E-state index in [4.69, 9.17) is 16.3 Å². The van der Waals surface area contributed by atoms with Gasteiger partial charge in [-0.1, -0.05) is 23.7 Å². The number of carbonyl (C=O) groups excluding carboxylic acids is 1. The van der Waals surface area contributed by atoms with Gasteiger partial charge in [-0.15, -0.1) is 0 Å². The lowest BCUT2D eigenvalue weighted by molar-refractivity contribution is -0.137.